The largest absolute Gasteiger partial charge is 0.493 e. The number of rotatable bonds is 6. The summed E-state index contributed by atoms with van der Waals surface area (Å²) < 4.78 is 10.8. The highest BCUT2D eigenvalue weighted by Gasteiger charge is 2.24. The van der Waals surface area contributed by atoms with Crippen molar-refractivity contribution >= 4 is 22.2 Å². The Kier molecular flexibility index (Phi) is 5.94. The van der Waals surface area contributed by atoms with E-state index in [1.54, 1.807) is 25.6 Å². The molecule has 0 radical (unpaired) electrons. The van der Waals surface area contributed by atoms with Gasteiger partial charge in [0.25, 0.3) is 0 Å². The molecule has 148 valence electrons. The van der Waals surface area contributed by atoms with Crippen molar-refractivity contribution in [3.63, 3.8) is 0 Å². The van der Waals surface area contributed by atoms with Gasteiger partial charge in [0.2, 0.25) is 0 Å². The second-order valence-corrected chi connectivity index (χ2v) is 8.98. The summed E-state index contributed by atoms with van der Waals surface area (Å²) in [7, 11) is 3.32. The molecule has 0 saturated carbocycles. The summed E-state index contributed by atoms with van der Waals surface area (Å²) in [5.41, 5.74) is 4.57. The van der Waals surface area contributed by atoms with E-state index in [0.29, 0.717) is 0 Å². The van der Waals surface area contributed by atoms with E-state index < -0.39 is 0 Å². The summed E-state index contributed by atoms with van der Waals surface area (Å²) in [5.74, 6) is 1.49. The lowest BCUT2D eigenvalue weighted by Gasteiger charge is -2.18. The van der Waals surface area contributed by atoms with Gasteiger partial charge in [0.1, 0.15) is 0 Å². The number of ether oxygens (including phenoxy) is 2. The summed E-state index contributed by atoms with van der Waals surface area (Å²) in [4.78, 5) is 6.18. The summed E-state index contributed by atoms with van der Waals surface area (Å²) in [6, 6.07) is 14.5. The van der Waals surface area contributed by atoms with Gasteiger partial charge in [0, 0.05) is 22.4 Å². The van der Waals surface area contributed by atoms with Gasteiger partial charge in [-0.25, -0.2) is 4.98 Å². The van der Waals surface area contributed by atoms with Crippen molar-refractivity contribution < 1.29 is 9.47 Å². The van der Waals surface area contributed by atoms with Crippen molar-refractivity contribution in [1.29, 1.82) is 0 Å². The minimum Gasteiger partial charge on any atom is -0.493 e. The summed E-state index contributed by atoms with van der Waals surface area (Å²) in [6.45, 7) is 8.70. The van der Waals surface area contributed by atoms with Crippen molar-refractivity contribution in [2.45, 2.75) is 39.5 Å². The van der Waals surface area contributed by atoms with Crippen LogP contribution >= 0.6 is 11.3 Å². The minimum absolute atomic E-state index is 0.0321. The number of aryl methyl sites for hydroxylation is 1. The number of hydrogen-bond acceptors (Lipinski definition) is 5. The van der Waals surface area contributed by atoms with Gasteiger partial charge in [0.15, 0.2) is 16.6 Å². The maximum Gasteiger partial charge on any atom is 0.187 e. The first-order chi connectivity index (χ1) is 13.3. The van der Waals surface area contributed by atoms with Gasteiger partial charge in [-0.05, 0) is 36.8 Å². The number of hydrogen-bond donors (Lipinski definition) is 1. The summed E-state index contributed by atoms with van der Waals surface area (Å²) in [5, 5.41) is 4.37. The molecule has 3 aromatic rings. The molecule has 0 fully saturated rings. The average molecular weight is 397 g/mol. The minimum atomic E-state index is -0.0321. The molecule has 5 heteroatoms. The molecule has 28 heavy (non-hydrogen) atoms. The fraction of sp³-hybridized carbons (Fsp3) is 0.348. The van der Waals surface area contributed by atoms with E-state index in [1.165, 1.54) is 16.0 Å². The smallest absolute Gasteiger partial charge is 0.187 e. The number of anilines is 2. The summed E-state index contributed by atoms with van der Waals surface area (Å²) >= 11 is 1.71. The molecule has 0 aliphatic rings. The quantitative estimate of drug-likeness (QED) is 0.547. The van der Waals surface area contributed by atoms with Crippen LogP contribution in [0, 0.1) is 6.92 Å². The van der Waals surface area contributed by atoms with Crippen LogP contribution in [-0.2, 0) is 11.8 Å². The zero-order chi connectivity index (χ0) is 20.3. The van der Waals surface area contributed by atoms with Crippen molar-refractivity contribution in [2.24, 2.45) is 0 Å². The molecule has 0 aliphatic heterocycles. The van der Waals surface area contributed by atoms with Crippen molar-refractivity contribution in [3.8, 4) is 11.5 Å². The Labute approximate surface area is 171 Å². The first kappa shape index (κ1) is 20.2. The van der Waals surface area contributed by atoms with Crippen LogP contribution < -0.4 is 14.8 Å². The lowest BCUT2D eigenvalue weighted by atomic mass is 9.90. The molecule has 0 aliphatic carbocycles. The third-order valence-electron chi connectivity index (χ3n) is 4.52. The molecule has 3 rings (SSSR count). The second kappa shape index (κ2) is 8.23. The topological polar surface area (TPSA) is 43.4 Å². The van der Waals surface area contributed by atoms with Crippen LogP contribution in [0.25, 0.3) is 0 Å². The Morgan fingerprint density at radius 2 is 1.64 bits per heavy atom. The number of aromatic nitrogens is 1. The predicted octanol–water partition coefficient (Wildman–Crippen LogP) is 6.10. The van der Waals surface area contributed by atoms with Crippen molar-refractivity contribution in [3.05, 3.63) is 64.2 Å². The highest BCUT2D eigenvalue weighted by molar-refractivity contribution is 7.15. The molecule has 1 heterocycles. The monoisotopic (exact) mass is 396 g/mol. The van der Waals surface area contributed by atoms with Crippen LogP contribution in [0.15, 0.2) is 42.5 Å². The Morgan fingerprint density at radius 3 is 2.25 bits per heavy atom. The van der Waals surface area contributed by atoms with Crippen molar-refractivity contribution in [2.75, 3.05) is 19.5 Å². The Bertz CT molecular complexity index is 940. The first-order valence-electron chi connectivity index (χ1n) is 9.35. The van der Waals surface area contributed by atoms with Crippen LogP contribution in [-0.4, -0.2) is 19.2 Å². The predicted molar refractivity (Wildman–Crippen MR) is 118 cm³/mol. The average Bonchev–Trinajstić information content (AvgIpc) is 3.06. The van der Waals surface area contributed by atoms with Crippen LogP contribution in [0.5, 0.6) is 11.5 Å². The Hall–Kier alpha value is -2.53. The fourth-order valence-electron chi connectivity index (χ4n) is 3.05. The SMILES string of the molecule is COc1ccc(Cc2sc(Nc3ccc(C)cc3)nc2C(C)(C)C)cc1OC. The maximum absolute atomic E-state index is 5.46. The van der Waals surface area contributed by atoms with Gasteiger partial charge in [-0.15, -0.1) is 11.3 Å². The lowest BCUT2D eigenvalue weighted by molar-refractivity contribution is 0.354. The van der Waals surface area contributed by atoms with E-state index in [1.807, 2.05) is 12.1 Å². The van der Waals surface area contributed by atoms with Gasteiger partial charge in [-0.1, -0.05) is 44.5 Å². The Morgan fingerprint density at radius 1 is 0.964 bits per heavy atom. The molecule has 0 spiro atoms. The van der Waals surface area contributed by atoms with Gasteiger partial charge in [0.05, 0.1) is 19.9 Å². The molecule has 1 aromatic heterocycles. The van der Waals surface area contributed by atoms with E-state index in [4.69, 9.17) is 14.5 Å². The molecule has 0 bridgehead atoms. The van der Waals surface area contributed by atoms with E-state index in [-0.39, 0.29) is 5.41 Å². The molecule has 0 saturated heterocycles. The zero-order valence-corrected chi connectivity index (χ0v) is 18.2. The van der Waals surface area contributed by atoms with Crippen LogP contribution in [0.1, 0.15) is 42.5 Å². The van der Waals surface area contributed by atoms with E-state index in [0.717, 1.165) is 34.4 Å². The normalized spacial score (nSPS) is 11.4. The highest BCUT2D eigenvalue weighted by Crippen LogP contribution is 2.36. The van der Waals surface area contributed by atoms with Gasteiger partial charge in [-0.3, -0.25) is 0 Å². The highest BCUT2D eigenvalue weighted by atomic mass is 32.1. The molecule has 0 atom stereocenters. The third-order valence-corrected chi connectivity index (χ3v) is 5.49. The molecular weight excluding hydrogens is 368 g/mol. The van der Waals surface area contributed by atoms with Crippen LogP contribution in [0.3, 0.4) is 0 Å². The first-order valence-corrected chi connectivity index (χ1v) is 10.2. The van der Waals surface area contributed by atoms with Gasteiger partial charge < -0.3 is 14.8 Å². The number of nitrogens with zero attached hydrogens (tertiary/aromatic N) is 1. The van der Waals surface area contributed by atoms with E-state index in [2.05, 4.69) is 63.3 Å². The van der Waals surface area contributed by atoms with E-state index in [9.17, 15) is 0 Å². The number of nitrogens with one attached hydrogen (secondary N) is 1. The van der Waals surface area contributed by atoms with Gasteiger partial charge >= 0.3 is 0 Å². The fourth-order valence-corrected chi connectivity index (χ4v) is 4.27. The zero-order valence-electron chi connectivity index (χ0n) is 17.4. The van der Waals surface area contributed by atoms with Crippen LogP contribution in [0.4, 0.5) is 10.8 Å². The van der Waals surface area contributed by atoms with Gasteiger partial charge in [-0.2, -0.15) is 0 Å². The molecule has 2 aromatic carbocycles. The maximum atomic E-state index is 5.46. The standard InChI is InChI=1S/C23H28N2O2S/c1-15-7-10-17(11-8-15)24-22-25-21(23(2,3)4)20(28-22)14-16-9-12-18(26-5)19(13-16)27-6/h7-13H,14H2,1-6H3,(H,24,25). The number of benzene rings is 2. The summed E-state index contributed by atoms with van der Waals surface area (Å²) in [6.07, 6.45) is 0.806. The molecule has 1 N–H and O–H groups in total. The molecule has 0 amide bonds. The molecular formula is C23H28N2O2S. The second-order valence-electron chi connectivity index (χ2n) is 7.90. The van der Waals surface area contributed by atoms with E-state index >= 15 is 0 Å². The van der Waals surface area contributed by atoms with Crippen molar-refractivity contribution in [1.82, 2.24) is 4.98 Å². The third kappa shape index (κ3) is 4.65. The molecule has 4 nitrogen and oxygen atoms in total. The Balaban J connectivity index is 1.91. The number of thiazole rings is 1. The number of methoxy groups -OCH3 is 2. The van der Waals surface area contributed by atoms with Crippen LogP contribution in [0.2, 0.25) is 0 Å². The molecule has 0 unspecified atom stereocenters. The lowest BCUT2D eigenvalue weighted by Crippen LogP contribution is -2.14.